The van der Waals surface area contributed by atoms with Gasteiger partial charge in [0.25, 0.3) is 0 Å². The summed E-state index contributed by atoms with van der Waals surface area (Å²) in [7, 11) is 0. The van der Waals surface area contributed by atoms with Crippen LogP contribution in [0, 0.1) is 13.8 Å². The molecule has 1 aliphatic rings. The Kier molecular flexibility index (Phi) is 4.92. The molecule has 8 nitrogen and oxygen atoms in total. The van der Waals surface area contributed by atoms with Gasteiger partial charge in [-0.15, -0.1) is 0 Å². The van der Waals surface area contributed by atoms with Crippen LogP contribution < -0.4 is 4.74 Å². The molecule has 138 valence electrons. The maximum Gasteiger partial charge on any atom is 0.348 e. The summed E-state index contributed by atoms with van der Waals surface area (Å²) in [6, 6.07) is 7.30. The highest BCUT2D eigenvalue weighted by Gasteiger charge is 2.45. The zero-order chi connectivity index (χ0) is 18.7. The van der Waals surface area contributed by atoms with Crippen LogP contribution in [-0.4, -0.2) is 50.9 Å². The van der Waals surface area contributed by atoms with Crippen molar-refractivity contribution in [3.8, 4) is 5.75 Å². The Morgan fingerprint density at radius 3 is 2.58 bits per heavy atom. The van der Waals surface area contributed by atoms with Crippen molar-refractivity contribution in [3.63, 3.8) is 0 Å². The lowest BCUT2D eigenvalue weighted by Gasteiger charge is -2.38. The number of aliphatic carboxylic acids is 1. The molecule has 26 heavy (non-hydrogen) atoms. The van der Waals surface area contributed by atoms with E-state index in [1.165, 1.54) is 0 Å². The van der Waals surface area contributed by atoms with Gasteiger partial charge in [0.1, 0.15) is 17.1 Å². The van der Waals surface area contributed by atoms with E-state index in [0.29, 0.717) is 30.2 Å². The minimum absolute atomic E-state index is 0.0914. The molecule has 1 aliphatic heterocycles. The molecule has 2 heterocycles. The molecule has 8 heteroatoms. The summed E-state index contributed by atoms with van der Waals surface area (Å²) in [5.41, 5.74) is 0.752. The van der Waals surface area contributed by atoms with E-state index >= 15 is 0 Å². The first kappa shape index (κ1) is 17.9. The topological polar surface area (TPSA) is 106 Å². The van der Waals surface area contributed by atoms with Crippen LogP contribution in [0.5, 0.6) is 5.75 Å². The second-order valence-electron chi connectivity index (χ2n) is 6.57. The Hall–Kier alpha value is -2.90. The summed E-state index contributed by atoms with van der Waals surface area (Å²) in [5, 5.41) is 17.1. The van der Waals surface area contributed by atoms with Crippen molar-refractivity contribution in [3.05, 3.63) is 41.2 Å². The summed E-state index contributed by atoms with van der Waals surface area (Å²) in [4.78, 5) is 25.9. The number of rotatable bonds is 5. The molecule has 1 aromatic carbocycles. The Morgan fingerprint density at radius 1 is 1.27 bits per heavy atom. The minimum atomic E-state index is -1.32. The average molecular weight is 359 g/mol. The number of carbonyl (C=O) groups excluding carboxylic acids is 1. The van der Waals surface area contributed by atoms with Gasteiger partial charge < -0.3 is 14.7 Å². The largest absolute Gasteiger partial charge is 0.478 e. The third kappa shape index (κ3) is 3.68. The van der Waals surface area contributed by atoms with Gasteiger partial charge in [-0.2, -0.15) is 0 Å². The number of carboxylic acid groups (broad SMARTS) is 1. The number of ether oxygens (including phenoxy) is 1. The third-order valence-electron chi connectivity index (χ3n) is 4.68. The van der Waals surface area contributed by atoms with Crippen molar-refractivity contribution >= 4 is 11.9 Å². The highest BCUT2D eigenvalue weighted by Crippen LogP contribution is 2.30. The summed E-state index contributed by atoms with van der Waals surface area (Å²) < 4.78 is 10.5. The lowest BCUT2D eigenvalue weighted by molar-refractivity contribution is -0.161. The first-order valence-electron chi connectivity index (χ1n) is 8.44. The Morgan fingerprint density at radius 2 is 2.00 bits per heavy atom. The second-order valence-corrected chi connectivity index (χ2v) is 6.57. The number of piperidine rings is 1. The highest BCUT2D eigenvalue weighted by atomic mass is 16.6. The average Bonchev–Trinajstić information content (AvgIpc) is 3.00. The lowest BCUT2D eigenvalue weighted by atomic mass is 9.90. The molecule has 0 bridgehead atoms. The fourth-order valence-electron chi connectivity index (χ4n) is 3.05. The molecule has 1 amide bonds. The van der Waals surface area contributed by atoms with Gasteiger partial charge in [0, 0.05) is 25.9 Å². The number of carboxylic acids is 1. The summed E-state index contributed by atoms with van der Waals surface area (Å²) in [6.45, 7) is 4.26. The monoisotopic (exact) mass is 359 g/mol. The van der Waals surface area contributed by atoms with E-state index in [1.54, 1.807) is 17.9 Å². The zero-order valence-corrected chi connectivity index (χ0v) is 14.8. The van der Waals surface area contributed by atoms with Gasteiger partial charge in [0.05, 0.1) is 6.42 Å². The van der Waals surface area contributed by atoms with Crippen LogP contribution in [0.1, 0.15) is 29.8 Å². The van der Waals surface area contributed by atoms with Crippen molar-refractivity contribution in [1.29, 1.82) is 0 Å². The fraction of sp³-hybridized carbons (Fsp3) is 0.444. The molecule has 0 radical (unpaired) electrons. The van der Waals surface area contributed by atoms with Crippen LogP contribution in [0.2, 0.25) is 0 Å². The van der Waals surface area contributed by atoms with E-state index in [4.69, 9.17) is 4.74 Å². The van der Waals surface area contributed by atoms with Crippen LogP contribution in [0.4, 0.5) is 0 Å². The van der Waals surface area contributed by atoms with E-state index < -0.39 is 11.6 Å². The minimum Gasteiger partial charge on any atom is -0.478 e. The third-order valence-corrected chi connectivity index (χ3v) is 4.68. The zero-order valence-electron chi connectivity index (χ0n) is 14.8. The predicted molar refractivity (Wildman–Crippen MR) is 90.7 cm³/mol. The molecule has 0 aliphatic carbocycles. The number of amides is 1. The first-order chi connectivity index (χ1) is 12.4. The molecule has 1 fully saturated rings. The normalized spacial score (nSPS) is 16.3. The number of benzene rings is 1. The molecule has 3 rings (SSSR count). The van der Waals surface area contributed by atoms with E-state index in [2.05, 4.69) is 14.9 Å². The van der Waals surface area contributed by atoms with E-state index in [9.17, 15) is 14.7 Å². The Balaban J connectivity index is 1.66. The SMILES string of the molecule is Cc1cccc(OC2(C(=O)O)CCN(C(=O)Cc3nonc3C)CC2)c1. The molecule has 0 spiro atoms. The summed E-state index contributed by atoms with van der Waals surface area (Å²) in [5.74, 6) is -0.613. The van der Waals surface area contributed by atoms with Gasteiger partial charge in [-0.05, 0) is 31.5 Å². The summed E-state index contributed by atoms with van der Waals surface area (Å²) in [6.07, 6.45) is 0.532. The number of aryl methyl sites for hydroxylation is 2. The molecular weight excluding hydrogens is 338 g/mol. The number of hydrogen-bond acceptors (Lipinski definition) is 6. The van der Waals surface area contributed by atoms with Crippen molar-refractivity contribution in [2.75, 3.05) is 13.1 Å². The standard InChI is InChI=1S/C18H21N3O5/c1-12-4-3-5-14(10-12)25-18(17(23)24)6-8-21(9-7-18)16(22)11-15-13(2)19-26-20-15/h3-5,10H,6-9,11H2,1-2H3,(H,23,24). The van der Waals surface area contributed by atoms with Crippen LogP contribution >= 0.6 is 0 Å². The van der Waals surface area contributed by atoms with Crippen molar-refractivity contribution in [2.24, 2.45) is 0 Å². The number of carbonyl (C=O) groups is 2. The number of hydrogen-bond donors (Lipinski definition) is 1. The van der Waals surface area contributed by atoms with E-state index in [0.717, 1.165) is 5.56 Å². The Labute approximate surface area is 150 Å². The molecule has 2 aromatic rings. The van der Waals surface area contributed by atoms with Gasteiger partial charge in [-0.1, -0.05) is 22.4 Å². The molecule has 1 aromatic heterocycles. The number of aromatic nitrogens is 2. The van der Waals surface area contributed by atoms with Crippen LogP contribution in [0.3, 0.4) is 0 Å². The molecule has 1 saturated heterocycles. The van der Waals surface area contributed by atoms with Crippen molar-refractivity contribution in [2.45, 2.75) is 38.7 Å². The van der Waals surface area contributed by atoms with E-state index in [-0.39, 0.29) is 25.2 Å². The van der Waals surface area contributed by atoms with Crippen molar-refractivity contribution in [1.82, 2.24) is 15.2 Å². The van der Waals surface area contributed by atoms with Crippen LogP contribution in [0.25, 0.3) is 0 Å². The molecule has 0 atom stereocenters. The van der Waals surface area contributed by atoms with Crippen molar-refractivity contribution < 1.29 is 24.1 Å². The van der Waals surface area contributed by atoms with E-state index in [1.807, 2.05) is 25.1 Å². The fourth-order valence-corrected chi connectivity index (χ4v) is 3.05. The quantitative estimate of drug-likeness (QED) is 0.867. The van der Waals surface area contributed by atoms with Gasteiger partial charge in [0.15, 0.2) is 0 Å². The first-order valence-corrected chi connectivity index (χ1v) is 8.44. The number of nitrogens with zero attached hydrogens (tertiary/aromatic N) is 3. The second kappa shape index (κ2) is 7.15. The molecule has 0 saturated carbocycles. The summed E-state index contributed by atoms with van der Waals surface area (Å²) >= 11 is 0. The maximum absolute atomic E-state index is 12.4. The predicted octanol–water partition coefficient (Wildman–Crippen LogP) is 1.75. The van der Waals surface area contributed by atoms with Crippen LogP contribution in [-0.2, 0) is 16.0 Å². The van der Waals surface area contributed by atoms with Gasteiger partial charge >= 0.3 is 5.97 Å². The maximum atomic E-state index is 12.4. The van der Waals surface area contributed by atoms with Crippen LogP contribution in [0.15, 0.2) is 28.9 Å². The smallest absolute Gasteiger partial charge is 0.348 e. The van der Waals surface area contributed by atoms with Gasteiger partial charge in [-0.25, -0.2) is 9.42 Å². The van der Waals surface area contributed by atoms with Gasteiger partial charge in [-0.3, -0.25) is 4.79 Å². The molecule has 0 unspecified atom stereocenters. The number of likely N-dealkylation sites (tertiary alicyclic amines) is 1. The molecular formula is C18H21N3O5. The molecule has 1 N–H and O–H groups in total. The lowest BCUT2D eigenvalue weighted by Crippen LogP contribution is -2.54. The van der Waals surface area contributed by atoms with Gasteiger partial charge in [0.2, 0.25) is 11.5 Å². The Bertz CT molecular complexity index is 809. The highest BCUT2D eigenvalue weighted by molar-refractivity contribution is 5.81.